The summed E-state index contributed by atoms with van der Waals surface area (Å²) in [6.07, 6.45) is 2.97. The summed E-state index contributed by atoms with van der Waals surface area (Å²) in [4.78, 5) is 11.9. The minimum Gasteiger partial charge on any atom is -0.466 e. The monoisotopic (exact) mass is 298 g/mol. The van der Waals surface area contributed by atoms with Crippen LogP contribution in [0.5, 0.6) is 0 Å². The van der Waals surface area contributed by atoms with Crippen molar-refractivity contribution in [2.24, 2.45) is 0 Å². The van der Waals surface area contributed by atoms with Gasteiger partial charge in [0.05, 0.1) is 12.5 Å². The van der Waals surface area contributed by atoms with Crippen LogP contribution < -0.4 is 0 Å². The molecule has 0 bridgehead atoms. The van der Waals surface area contributed by atoms with E-state index in [9.17, 15) is 4.79 Å². The third-order valence-electron chi connectivity index (χ3n) is 2.65. The van der Waals surface area contributed by atoms with Crippen LogP contribution in [0.1, 0.15) is 37.7 Å². The molecule has 0 radical (unpaired) electrons. The Kier molecular flexibility index (Phi) is 6.94. The molecule has 0 saturated carbocycles. The van der Waals surface area contributed by atoms with Crippen molar-refractivity contribution in [3.05, 3.63) is 35.9 Å². The Labute approximate surface area is 111 Å². The predicted octanol–water partition coefficient (Wildman–Crippen LogP) is 3.90. The molecule has 1 aromatic rings. The summed E-state index contributed by atoms with van der Waals surface area (Å²) >= 11 is 3.41. The van der Waals surface area contributed by atoms with Gasteiger partial charge in [-0.2, -0.15) is 0 Å². The topological polar surface area (TPSA) is 26.3 Å². The van der Waals surface area contributed by atoms with Gasteiger partial charge in [-0.15, -0.1) is 0 Å². The first-order valence-corrected chi connectivity index (χ1v) is 7.19. The maximum Gasteiger partial charge on any atom is 0.313 e. The average molecular weight is 299 g/mol. The fourth-order valence-corrected chi connectivity index (χ4v) is 2.19. The van der Waals surface area contributed by atoms with Crippen LogP contribution in [0.4, 0.5) is 0 Å². The summed E-state index contributed by atoms with van der Waals surface area (Å²) in [5.74, 6) is -0.219. The van der Waals surface area contributed by atoms with E-state index < -0.39 is 0 Å². The number of alkyl halides is 1. The van der Waals surface area contributed by atoms with Gasteiger partial charge in [0.1, 0.15) is 0 Å². The van der Waals surface area contributed by atoms with Gasteiger partial charge in [-0.3, -0.25) is 4.79 Å². The first kappa shape index (κ1) is 14.2. The van der Waals surface area contributed by atoms with Gasteiger partial charge in [0.25, 0.3) is 0 Å². The molecule has 2 nitrogen and oxygen atoms in total. The quantitative estimate of drug-likeness (QED) is 0.433. The maximum absolute atomic E-state index is 11.9. The Morgan fingerprint density at radius 1 is 1.29 bits per heavy atom. The Hall–Kier alpha value is -0.830. The Morgan fingerprint density at radius 3 is 2.59 bits per heavy atom. The number of unbranched alkanes of at least 4 members (excludes halogenated alkanes) is 1. The molecule has 1 atom stereocenters. The first-order valence-electron chi connectivity index (χ1n) is 6.07. The number of hydrogen-bond acceptors (Lipinski definition) is 2. The zero-order valence-corrected chi connectivity index (χ0v) is 11.8. The van der Waals surface area contributed by atoms with Crippen LogP contribution in [0.2, 0.25) is 0 Å². The predicted molar refractivity (Wildman–Crippen MR) is 73.5 cm³/mol. The molecule has 17 heavy (non-hydrogen) atoms. The van der Waals surface area contributed by atoms with Gasteiger partial charge in [-0.1, -0.05) is 52.7 Å². The van der Waals surface area contributed by atoms with E-state index in [2.05, 4.69) is 15.9 Å². The molecule has 0 aliphatic carbocycles. The van der Waals surface area contributed by atoms with Gasteiger partial charge in [0.15, 0.2) is 0 Å². The van der Waals surface area contributed by atoms with Gasteiger partial charge < -0.3 is 4.74 Å². The highest BCUT2D eigenvalue weighted by atomic mass is 79.9. The molecule has 0 fully saturated rings. The normalized spacial score (nSPS) is 12.1. The third-order valence-corrected chi connectivity index (χ3v) is 3.21. The van der Waals surface area contributed by atoms with Crippen molar-refractivity contribution in [3.8, 4) is 0 Å². The van der Waals surface area contributed by atoms with E-state index in [4.69, 9.17) is 4.74 Å². The molecular weight excluding hydrogens is 280 g/mol. The molecule has 0 aliphatic heterocycles. The second kappa shape index (κ2) is 8.29. The van der Waals surface area contributed by atoms with Crippen LogP contribution in [0.15, 0.2) is 30.3 Å². The molecule has 1 rings (SSSR count). The second-order valence-corrected chi connectivity index (χ2v) is 4.69. The maximum atomic E-state index is 11.9. The van der Waals surface area contributed by atoms with Gasteiger partial charge >= 0.3 is 5.97 Å². The van der Waals surface area contributed by atoms with Crippen LogP contribution in [0, 0.1) is 0 Å². The Balaban J connectivity index is 2.68. The molecule has 0 heterocycles. The molecule has 0 N–H and O–H groups in total. The van der Waals surface area contributed by atoms with Gasteiger partial charge in [-0.25, -0.2) is 0 Å². The van der Waals surface area contributed by atoms with Gasteiger partial charge in [0, 0.05) is 5.33 Å². The van der Waals surface area contributed by atoms with Crippen molar-refractivity contribution >= 4 is 21.9 Å². The molecule has 3 heteroatoms. The highest BCUT2D eigenvalue weighted by molar-refractivity contribution is 9.09. The van der Waals surface area contributed by atoms with E-state index in [0.29, 0.717) is 6.61 Å². The highest BCUT2D eigenvalue weighted by Gasteiger charge is 2.20. The lowest BCUT2D eigenvalue weighted by Crippen LogP contribution is -2.16. The second-order valence-electron chi connectivity index (χ2n) is 3.90. The van der Waals surface area contributed by atoms with E-state index in [1.807, 2.05) is 37.3 Å². The number of benzene rings is 1. The van der Waals surface area contributed by atoms with Crippen LogP contribution >= 0.6 is 15.9 Å². The van der Waals surface area contributed by atoms with Crippen molar-refractivity contribution in [1.82, 2.24) is 0 Å². The molecule has 0 unspecified atom stereocenters. The Bertz CT molecular complexity index is 324. The third kappa shape index (κ3) is 4.90. The minimum atomic E-state index is -0.116. The standard InChI is InChI=1S/C14H19BrO2/c1-2-17-14(16)13(10-6-7-11-15)12-8-4-3-5-9-12/h3-5,8-9,13H,2,6-7,10-11H2,1H3/t13-/m0/s1. The molecule has 0 spiro atoms. The van der Waals surface area contributed by atoms with E-state index >= 15 is 0 Å². The van der Waals surface area contributed by atoms with Crippen LogP contribution in [-0.4, -0.2) is 17.9 Å². The summed E-state index contributed by atoms with van der Waals surface area (Å²) in [5, 5.41) is 0.983. The molecule has 1 aromatic carbocycles. The number of hydrogen-bond donors (Lipinski definition) is 0. The number of halogens is 1. The molecule has 0 aromatic heterocycles. The minimum absolute atomic E-state index is 0.103. The fourth-order valence-electron chi connectivity index (χ4n) is 1.79. The number of carbonyl (C=O) groups is 1. The zero-order valence-electron chi connectivity index (χ0n) is 10.2. The SMILES string of the molecule is CCOC(=O)[C@@H](CCCCBr)c1ccccc1. The molecular formula is C14H19BrO2. The van der Waals surface area contributed by atoms with E-state index in [1.165, 1.54) is 0 Å². The fraction of sp³-hybridized carbons (Fsp3) is 0.500. The molecule has 0 aliphatic rings. The number of carbonyl (C=O) groups excluding carboxylic acids is 1. The van der Waals surface area contributed by atoms with Crippen molar-refractivity contribution in [3.63, 3.8) is 0 Å². The van der Waals surface area contributed by atoms with E-state index in [0.717, 1.165) is 30.2 Å². The van der Waals surface area contributed by atoms with E-state index in [1.54, 1.807) is 0 Å². The smallest absolute Gasteiger partial charge is 0.313 e. The van der Waals surface area contributed by atoms with Crippen LogP contribution in [-0.2, 0) is 9.53 Å². The van der Waals surface area contributed by atoms with Gasteiger partial charge in [-0.05, 0) is 25.3 Å². The molecule has 94 valence electrons. The summed E-state index contributed by atoms with van der Waals surface area (Å²) in [6.45, 7) is 2.29. The van der Waals surface area contributed by atoms with Crippen molar-refractivity contribution in [2.75, 3.05) is 11.9 Å². The highest BCUT2D eigenvalue weighted by Crippen LogP contribution is 2.23. The summed E-state index contributed by atoms with van der Waals surface area (Å²) in [5.41, 5.74) is 1.06. The first-order chi connectivity index (χ1) is 8.29. The summed E-state index contributed by atoms with van der Waals surface area (Å²) in [6, 6.07) is 9.88. The Morgan fingerprint density at radius 2 is 2.00 bits per heavy atom. The number of rotatable bonds is 7. The van der Waals surface area contributed by atoms with Crippen molar-refractivity contribution in [1.29, 1.82) is 0 Å². The lowest BCUT2D eigenvalue weighted by molar-refractivity contribution is -0.145. The molecule has 0 amide bonds. The average Bonchev–Trinajstić information content (AvgIpc) is 2.36. The van der Waals surface area contributed by atoms with Crippen LogP contribution in [0.25, 0.3) is 0 Å². The summed E-state index contributed by atoms with van der Waals surface area (Å²) in [7, 11) is 0. The lowest BCUT2D eigenvalue weighted by Gasteiger charge is -2.15. The van der Waals surface area contributed by atoms with Gasteiger partial charge in [0.2, 0.25) is 0 Å². The zero-order chi connectivity index (χ0) is 12.5. The van der Waals surface area contributed by atoms with E-state index in [-0.39, 0.29) is 11.9 Å². The van der Waals surface area contributed by atoms with Crippen LogP contribution in [0.3, 0.4) is 0 Å². The largest absolute Gasteiger partial charge is 0.466 e. The van der Waals surface area contributed by atoms with Crippen molar-refractivity contribution in [2.45, 2.75) is 32.1 Å². The number of ether oxygens (including phenoxy) is 1. The lowest BCUT2D eigenvalue weighted by atomic mass is 9.94. The van der Waals surface area contributed by atoms with Crippen molar-refractivity contribution < 1.29 is 9.53 Å². The number of esters is 1. The summed E-state index contributed by atoms with van der Waals surface area (Å²) < 4.78 is 5.14. The molecule has 0 saturated heterocycles.